The number of alkyl halides is 3. The molecule has 1 aromatic carbocycles. The van der Waals surface area contributed by atoms with Gasteiger partial charge in [-0.15, -0.1) is 0 Å². The number of aliphatic hydroxyl groups is 1. The molecule has 2 atom stereocenters. The lowest BCUT2D eigenvalue weighted by molar-refractivity contribution is -0.133. The molecule has 2 aromatic rings. The number of nitrogens with zero attached hydrogens (tertiary/aromatic N) is 2. The van der Waals surface area contributed by atoms with E-state index in [1.54, 1.807) is 54.8 Å². The molecule has 1 heterocycles. The number of pyridine rings is 1. The van der Waals surface area contributed by atoms with Gasteiger partial charge >= 0.3 is 6.43 Å². The number of nitrogens with one attached hydrogen (secondary N) is 1. The number of Topliss-reactive ketones (excluding diaryl/α,β-unsaturated/α-hetero) is 1. The van der Waals surface area contributed by atoms with Gasteiger partial charge in [-0.2, -0.15) is 8.78 Å². The van der Waals surface area contributed by atoms with Crippen LogP contribution in [0, 0.1) is 0 Å². The van der Waals surface area contributed by atoms with E-state index < -0.39 is 31.2 Å². The average Bonchev–Trinajstić information content (AvgIpc) is 2.71. The van der Waals surface area contributed by atoms with E-state index >= 15 is 0 Å². The van der Waals surface area contributed by atoms with Gasteiger partial charge in [-0.1, -0.05) is 30.3 Å². The molecule has 0 bridgehead atoms. The Morgan fingerprint density at radius 1 is 1.10 bits per heavy atom. The van der Waals surface area contributed by atoms with E-state index in [4.69, 9.17) is 0 Å². The second kappa shape index (κ2) is 10.1. The van der Waals surface area contributed by atoms with Crippen molar-refractivity contribution in [1.82, 2.24) is 15.2 Å². The average molecular weight is 409 g/mol. The molecular formula is C20H22F3N3O3. The first-order valence-corrected chi connectivity index (χ1v) is 8.79. The number of likely N-dealkylation sites (N-methyl/N-ethyl adjacent to an activating group) is 1. The second-order valence-electron chi connectivity index (χ2n) is 6.73. The van der Waals surface area contributed by atoms with E-state index in [1.807, 2.05) is 0 Å². The van der Waals surface area contributed by atoms with E-state index in [-0.39, 0.29) is 17.9 Å². The molecule has 0 unspecified atom stereocenters. The maximum absolute atomic E-state index is 13.1. The maximum Gasteiger partial charge on any atom is 0.315 e. The van der Waals surface area contributed by atoms with Crippen LogP contribution in [-0.2, 0) is 4.79 Å². The Hall–Kier alpha value is -2.78. The minimum Gasteiger partial charge on any atom is -0.386 e. The summed E-state index contributed by atoms with van der Waals surface area (Å²) in [6.07, 6.45) is -3.23. The van der Waals surface area contributed by atoms with Gasteiger partial charge in [0.2, 0.25) is 0 Å². The van der Waals surface area contributed by atoms with Gasteiger partial charge in [0.1, 0.15) is 18.5 Å². The lowest BCUT2D eigenvalue weighted by Crippen LogP contribution is -2.43. The SMILES string of the molecule is CN(C)CC(=O)c1ccc(-c2ccc([C@H](O)[C@@H](CF)NC(=O)C(F)F)cc2)cn1. The number of carbonyl (C=O) groups is 2. The Balaban J connectivity index is 2.11. The van der Waals surface area contributed by atoms with Crippen LogP contribution in [0.3, 0.4) is 0 Å². The van der Waals surface area contributed by atoms with Crippen LogP contribution in [0.25, 0.3) is 11.1 Å². The monoisotopic (exact) mass is 409 g/mol. The Labute approximate surface area is 166 Å². The smallest absolute Gasteiger partial charge is 0.315 e. The Morgan fingerprint density at radius 2 is 1.72 bits per heavy atom. The predicted octanol–water partition coefficient (Wildman–Crippen LogP) is 2.25. The van der Waals surface area contributed by atoms with E-state index in [1.165, 1.54) is 12.1 Å². The fourth-order valence-electron chi connectivity index (χ4n) is 2.65. The fraction of sp³-hybridized carbons (Fsp3) is 0.350. The highest BCUT2D eigenvalue weighted by molar-refractivity contribution is 5.96. The van der Waals surface area contributed by atoms with Crippen molar-refractivity contribution in [3.8, 4) is 11.1 Å². The van der Waals surface area contributed by atoms with Gasteiger partial charge < -0.3 is 15.3 Å². The number of benzene rings is 1. The largest absolute Gasteiger partial charge is 0.386 e. The summed E-state index contributed by atoms with van der Waals surface area (Å²) in [6.45, 7) is -0.954. The number of rotatable bonds is 9. The van der Waals surface area contributed by atoms with Gasteiger partial charge in [-0.25, -0.2) is 4.39 Å². The number of halogens is 3. The summed E-state index contributed by atoms with van der Waals surface area (Å²) in [5.41, 5.74) is 2.06. The van der Waals surface area contributed by atoms with Crippen molar-refractivity contribution < 1.29 is 27.9 Å². The third-order valence-corrected chi connectivity index (χ3v) is 4.17. The fourth-order valence-corrected chi connectivity index (χ4v) is 2.65. The summed E-state index contributed by atoms with van der Waals surface area (Å²) in [7, 11) is 3.57. The summed E-state index contributed by atoms with van der Waals surface area (Å²) in [5.74, 6) is -1.75. The molecule has 0 aliphatic carbocycles. The number of ketones is 1. The van der Waals surface area contributed by atoms with Crippen molar-refractivity contribution >= 4 is 11.7 Å². The molecule has 2 N–H and O–H groups in total. The summed E-state index contributed by atoms with van der Waals surface area (Å²) in [4.78, 5) is 29.0. The molecule has 0 radical (unpaired) electrons. The molecule has 1 aromatic heterocycles. The lowest BCUT2D eigenvalue weighted by atomic mass is 9.99. The molecule has 6 nitrogen and oxygen atoms in total. The molecule has 0 saturated heterocycles. The highest BCUT2D eigenvalue weighted by Gasteiger charge is 2.26. The Morgan fingerprint density at radius 3 is 2.21 bits per heavy atom. The quantitative estimate of drug-likeness (QED) is 0.621. The van der Waals surface area contributed by atoms with E-state index in [0.717, 1.165) is 11.1 Å². The van der Waals surface area contributed by atoms with Gasteiger partial charge in [0.15, 0.2) is 5.78 Å². The number of carbonyl (C=O) groups excluding carboxylic acids is 2. The summed E-state index contributed by atoms with van der Waals surface area (Å²) in [5, 5.41) is 12.0. The minimum atomic E-state index is -3.29. The highest BCUT2D eigenvalue weighted by atomic mass is 19.3. The zero-order valence-electron chi connectivity index (χ0n) is 16.0. The highest BCUT2D eigenvalue weighted by Crippen LogP contribution is 2.24. The van der Waals surface area contributed by atoms with Crippen molar-refractivity contribution in [3.63, 3.8) is 0 Å². The topological polar surface area (TPSA) is 82.5 Å². The Kier molecular flexibility index (Phi) is 7.86. The number of aliphatic hydroxyl groups excluding tert-OH is 1. The first-order chi connectivity index (χ1) is 13.7. The van der Waals surface area contributed by atoms with Gasteiger partial charge in [0, 0.05) is 11.8 Å². The van der Waals surface area contributed by atoms with Gasteiger partial charge in [0.05, 0.1) is 12.6 Å². The van der Waals surface area contributed by atoms with Crippen LogP contribution in [0.1, 0.15) is 22.2 Å². The molecule has 0 aliphatic rings. The molecule has 0 aliphatic heterocycles. The summed E-state index contributed by atoms with van der Waals surface area (Å²) >= 11 is 0. The first-order valence-electron chi connectivity index (χ1n) is 8.79. The van der Waals surface area contributed by atoms with Crippen molar-refractivity contribution in [1.29, 1.82) is 0 Å². The molecule has 2 rings (SSSR count). The first kappa shape index (κ1) is 22.5. The van der Waals surface area contributed by atoms with Crippen molar-refractivity contribution in [2.75, 3.05) is 27.3 Å². The lowest BCUT2D eigenvalue weighted by Gasteiger charge is -2.22. The second-order valence-corrected chi connectivity index (χ2v) is 6.73. The number of amides is 1. The zero-order valence-corrected chi connectivity index (χ0v) is 16.0. The molecule has 0 saturated carbocycles. The normalized spacial score (nSPS) is 13.4. The summed E-state index contributed by atoms with van der Waals surface area (Å²) in [6, 6.07) is 8.15. The van der Waals surface area contributed by atoms with Crippen molar-refractivity contribution in [2.45, 2.75) is 18.6 Å². The number of hydrogen-bond acceptors (Lipinski definition) is 5. The van der Waals surface area contributed by atoms with Crippen LogP contribution in [0.2, 0.25) is 0 Å². The van der Waals surface area contributed by atoms with Gasteiger partial charge in [0.25, 0.3) is 5.91 Å². The standard InChI is InChI=1S/C20H22F3N3O3/c1-26(2)11-17(27)15-8-7-14(10-24-15)12-3-5-13(6-4-12)18(28)16(9-21)25-20(29)19(22)23/h3-8,10,16,18-19,28H,9,11H2,1-2H3,(H,25,29)/t16-,18+/m1/s1. The number of aromatic nitrogens is 1. The third-order valence-electron chi connectivity index (χ3n) is 4.17. The van der Waals surface area contributed by atoms with Gasteiger partial charge in [-0.3, -0.25) is 14.6 Å². The third kappa shape index (κ3) is 6.10. The van der Waals surface area contributed by atoms with E-state index in [0.29, 0.717) is 5.69 Å². The molecule has 29 heavy (non-hydrogen) atoms. The molecule has 1 amide bonds. The molecule has 0 fully saturated rings. The van der Waals surface area contributed by atoms with Crippen molar-refractivity contribution in [2.24, 2.45) is 0 Å². The van der Waals surface area contributed by atoms with Gasteiger partial charge in [-0.05, 0) is 31.3 Å². The number of hydrogen-bond donors (Lipinski definition) is 2. The van der Waals surface area contributed by atoms with Crippen LogP contribution in [0.5, 0.6) is 0 Å². The zero-order chi connectivity index (χ0) is 21.6. The Bertz CT molecular complexity index is 827. The van der Waals surface area contributed by atoms with Crippen LogP contribution in [0.4, 0.5) is 13.2 Å². The molecular weight excluding hydrogens is 387 g/mol. The predicted molar refractivity (Wildman–Crippen MR) is 101 cm³/mol. The van der Waals surface area contributed by atoms with Crippen LogP contribution < -0.4 is 5.32 Å². The van der Waals surface area contributed by atoms with E-state index in [2.05, 4.69) is 4.98 Å². The minimum absolute atomic E-state index is 0.108. The molecule has 156 valence electrons. The summed E-state index contributed by atoms with van der Waals surface area (Å²) < 4.78 is 37.7. The van der Waals surface area contributed by atoms with Crippen LogP contribution >= 0.6 is 0 Å². The van der Waals surface area contributed by atoms with E-state index in [9.17, 15) is 27.9 Å². The van der Waals surface area contributed by atoms with Crippen LogP contribution in [0.15, 0.2) is 42.6 Å². The molecule has 0 spiro atoms. The maximum atomic E-state index is 13.1. The molecule has 9 heteroatoms. The van der Waals surface area contributed by atoms with Crippen LogP contribution in [-0.4, -0.2) is 66.5 Å². The van der Waals surface area contributed by atoms with Crippen molar-refractivity contribution in [3.05, 3.63) is 53.9 Å².